The van der Waals surface area contributed by atoms with Crippen LogP contribution < -0.4 is 19.7 Å². The molecule has 200 valence electrons. The van der Waals surface area contributed by atoms with E-state index in [-0.39, 0.29) is 17.5 Å². The highest BCUT2D eigenvalue weighted by atomic mass is 16.5. The lowest BCUT2D eigenvalue weighted by Crippen LogP contribution is -2.14. The van der Waals surface area contributed by atoms with Gasteiger partial charge in [-0.15, -0.1) is 0 Å². The van der Waals surface area contributed by atoms with Crippen molar-refractivity contribution in [3.05, 3.63) is 71.2 Å². The number of hydrogen-bond donors (Lipinski definition) is 2. The number of H-pyrrole nitrogens is 1. The average Bonchev–Trinajstić information content (AvgIpc) is 3.62. The summed E-state index contributed by atoms with van der Waals surface area (Å²) in [6, 6.07) is 13.8. The molecule has 4 aromatic rings. The Labute approximate surface area is 222 Å². The van der Waals surface area contributed by atoms with Gasteiger partial charge in [-0.2, -0.15) is 0 Å². The van der Waals surface area contributed by atoms with E-state index in [0.29, 0.717) is 30.9 Å². The van der Waals surface area contributed by atoms with E-state index in [1.807, 2.05) is 47.0 Å². The van der Waals surface area contributed by atoms with E-state index in [2.05, 4.69) is 16.9 Å². The van der Waals surface area contributed by atoms with Gasteiger partial charge in [-0.3, -0.25) is 5.41 Å². The largest absolute Gasteiger partial charge is 0.497 e. The van der Waals surface area contributed by atoms with Gasteiger partial charge in [-0.05, 0) is 61.1 Å². The molecular formula is C29H35N5O4. The molecule has 5 rings (SSSR count). The summed E-state index contributed by atoms with van der Waals surface area (Å²) < 4.78 is 24.9. The first-order valence-corrected chi connectivity index (χ1v) is 13.1. The van der Waals surface area contributed by atoms with Gasteiger partial charge in [0.25, 0.3) is 0 Å². The van der Waals surface area contributed by atoms with E-state index in [1.54, 1.807) is 20.5 Å². The van der Waals surface area contributed by atoms with Crippen molar-refractivity contribution < 1.29 is 18.9 Å². The number of aromatic nitrogens is 4. The topological polar surface area (TPSA) is 107 Å². The van der Waals surface area contributed by atoms with Crippen LogP contribution >= 0.6 is 0 Å². The first kappa shape index (κ1) is 25.8. The fraction of sp³-hybridized carbons (Fsp3) is 0.414. The SMILES string of the molecule is COc1ccc(COCC(C)c2nc3c([nH]2)c(=N)ncn3Cc2ccc(OC)c(OC3CCCC3)c2)cc1. The molecule has 9 nitrogen and oxygen atoms in total. The number of fused-ring (bicyclic) bond motifs is 1. The minimum absolute atomic E-state index is 0.0147. The molecule has 0 amide bonds. The van der Waals surface area contributed by atoms with Crippen molar-refractivity contribution in [2.75, 3.05) is 20.8 Å². The van der Waals surface area contributed by atoms with Crippen LogP contribution in [0.2, 0.25) is 0 Å². The predicted octanol–water partition coefficient (Wildman–Crippen LogP) is 4.95. The summed E-state index contributed by atoms with van der Waals surface area (Å²) in [6.45, 7) is 3.60. The summed E-state index contributed by atoms with van der Waals surface area (Å²) in [6.07, 6.45) is 6.48. The highest BCUT2D eigenvalue weighted by Crippen LogP contribution is 2.33. The van der Waals surface area contributed by atoms with Gasteiger partial charge in [-0.1, -0.05) is 25.1 Å². The highest BCUT2D eigenvalue weighted by Gasteiger charge is 2.19. The average molecular weight is 518 g/mol. The maximum Gasteiger partial charge on any atom is 0.173 e. The van der Waals surface area contributed by atoms with Gasteiger partial charge >= 0.3 is 0 Å². The smallest absolute Gasteiger partial charge is 0.173 e. The van der Waals surface area contributed by atoms with Crippen molar-refractivity contribution in [3.8, 4) is 17.2 Å². The van der Waals surface area contributed by atoms with Gasteiger partial charge in [0, 0.05) is 5.92 Å². The molecule has 2 heterocycles. The molecule has 0 radical (unpaired) electrons. The minimum Gasteiger partial charge on any atom is -0.497 e. The molecule has 1 aliphatic rings. The summed E-state index contributed by atoms with van der Waals surface area (Å²) in [4.78, 5) is 12.5. The van der Waals surface area contributed by atoms with Gasteiger partial charge in [0.15, 0.2) is 22.6 Å². The molecule has 9 heteroatoms. The quantitative estimate of drug-likeness (QED) is 0.292. The number of nitrogens with one attached hydrogen (secondary N) is 2. The standard InChI is InChI=1S/C29H35N5O4/c1-19(16-37-17-20-8-11-22(35-2)12-9-20)28-32-26-27(30)31-18-34(29(26)33-28)15-21-10-13-24(36-3)25(14-21)38-23-6-4-5-7-23/h8-14,18-19,23,30H,4-7,15-17H2,1-3H3,(H,32,33). The van der Waals surface area contributed by atoms with Crippen LogP contribution in [-0.2, 0) is 17.9 Å². The molecule has 0 aliphatic heterocycles. The molecule has 2 N–H and O–H groups in total. The zero-order valence-corrected chi connectivity index (χ0v) is 22.2. The normalized spacial score (nSPS) is 14.6. The predicted molar refractivity (Wildman–Crippen MR) is 144 cm³/mol. The second-order valence-corrected chi connectivity index (χ2v) is 9.82. The maximum atomic E-state index is 8.32. The van der Waals surface area contributed by atoms with Crippen LogP contribution in [0.5, 0.6) is 17.2 Å². The Bertz CT molecular complexity index is 1420. The van der Waals surface area contributed by atoms with Crippen molar-refractivity contribution in [2.24, 2.45) is 0 Å². The van der Waals surface area contributed by atoms with E-state index in [4.69, 9.17) is 29.3 Å². The molecular weight excluding hydrogens is 482 g/mol. The van der Waals surface area contributed by atoms with Crippen LogP contribution in [-0.4, -0.2) is 46.4 Å². The van der Waals surface area contributed by atoms with Crippen molar-refractivity contribution in [1.29, 1.82) is 5.41 Å². The highest BCUT2D eigenvalue weighted by molar-refractivity contribution is 5.69. The Morgan fingerprint density at radius 2 is 1.79 bits per heavy atom. The molecule has 1 unspecified atom stereocenters. The fourth-order valence-electron chi connectivity index (χ4n) is 4.80. The minimum atomic E-state index is 0.0147. The number of aromatic amines is 1. The Kier molecular flexibility index (Phi) is 7.93. The Morgan fingerprint density at radius 1 is 1.03 bits per heavy atom. The van der Waals surface area contributed by atoms with Crippen molar-refractivity contribution in [3.63, 3.8) is 0 Å². The summed E-state index contributed by atoms with van der Waals surface area (Å²) in [5.41, 5.74) is 3.59. The number of hydrogen-bond acceptors (Lipinski definition) is 7. The Hall–Kier alpha value is -3.85. The van der Waals surface area contributed by atoms with Gasteiger partial charge < -0.3 is 28.5 Å². The second-order valence-electron chi connectivity index (χ2n) is 9.82. The lowest BCUT2D eigenvalue weighted by molar-refractivity contribution is 0.109. The molecule has 0 saturated heterocycles. The number of benzene rings is 2. The monoisotopic (exact) mass is 517 g/mol. The second kappa shape index (κ2) is 11.7. The van der Waals surface area contributed by atoms with E-state index >= 15 is 0 Å². The molecule has 0 spiro atoms. The number of rotatable bonds is 11. The first-order valence-electron chi connectivity index (χ1n) is 13.1. The van der Waals surface area contributed by atoms with Crippen LogP contribution in [0.4, 0.5) is 0 Å². The molecule has 1 fully saturated rings. The van der Waals surface area contributed by atoms with Crippen LogP contribution in [0, 0.1) is 5.41 Å². The fourth-order valence-corrected chi connectivity index (χ4v) is 4.80. The van der Waals surface area contributed by atoms with Crippen molar-refractivity contribution in [1.82, 2.24) is 19.5 Å². The number of methoxy groups -OCH3 is 2. The van der Waals surface area contributed by atoms with Crippen LogP contribution in [0.1, 0.15) is 55.5 Å². The van der Waals surface area contributed by atoms with Crippen LogP contribution in [0.15, 0.2) is 48.8 Å². The van der Waals surface area contributed by atoms with Crippen LogP contribution in [0.3, 0.4) is 0 Å². The zero-order valence-electron chi connectivity index (χ0n) is 22.2. The van der Waals surface area contributed by atoms with E-state index in [9.17, 15) is 0 Å². The van der Waals surface area contributed by atoms with Gasteiger partial charge in [0.1, 0.15) is 17.1 Å². The summed E-state index contributed by atoms with van der Waals surface area (Å²) >= 11 is 0. The van der Waals surface area contributed by atoms with Gasteiger partial charge in [0.2, 0.25) is 0 Å². The molecule has 1 saturated carbocycles. The molecule has 0 bridgehead atoms. The van der Waals surface area contributed by atoms with Gasteiger partial charge in [0.05, 0.1) is 46.4 Å². The summed E-state index contributed by atoms with van der Waals surface area (Å²) in [7, 11) is 3.32. The molecule has 2 aromatic heterocycles. The third kappa shape index (κ3) is 5.83. The Morgan fingerprint density at radius 3 is 2.53 bits per heavy atom. The van der Waals surface area contributed by atoms with E-state index in [1.165, 1.54) is 12.8 Å². The first-order chi connectivity index (χ1) is 18.5. The molecule has 2 aromatic carbocycles. The lowest BCUT2D eigenvalue weighted by atomic mass is 10.2. The number of ether oxygens (including phenoxy) is 4. The van der Waals surface area contributed by atoms with E-state index < -0.39 is 0 Å². The van der Waals surface area contributed by atoms with E-state index in [0.717, 1.165) is 47.0 Å². The number of imidazole rings is 1. The summed E-state index contributed by atoms with van der Waals surface area (Å²) in [5.74, 6) is 3.11. The van der Waals surface area contributed by atoms with Crippen molar-refractivity contribution in [2.45, 2.75) is 57.8 Å². The molecule has 1 aliphatic carbocycles. The maximum absolute atomic E-state index is 8.32. The third-order valence-corrected chi connectivity index (χ3v) is 6.98. The zero-order chi connectivity index (χ0) is 26.5. The third-order valence-electron chi connectivity index (χ3n) is 6.98. The lowest BCUT2D eigenvalue weighted by Gasteiger charge is -2.17. The molecule has 1 atom stereocenters. The van der Waals surface area contributed by atoms with Crippen LogP contribution in [0.25, 0.3) is 11.2 Å². The Balaban J connectivity index is 1.30. The van der Waals surface area contributed by atoms with Gasteiger partial charge in [-0.25, -0.2) is 9.97 Å². The molecule has 38 heavy (non-hydrogen) atoms. The number of nitrogens with zero attached hydrogens (tertiary/aromatic N) is 3. The van der Waals surface area contributed by atoms with Crippen molar-refractivity contribution >= 4 is 11.2 Å². The summed E-state index contributed by atoms with van der Waals surface area (Å²) in [5, 5.41) is 8.32.